The minimum Gasteiger partial charge on any atom is -0.382 e. The lowest BCUT2D eigenvalue weighted by Gasteiger charge is -2.32. The molecule has 0 aromatic carbocycles. The molecule has 1 aliphatic heterocycles. The van der Waals surface area contributed by atoms with Gasteiger partial charge in [-0.2, -0.15) is 0 Å². The number of nitrogens with one attached hydrogen (secondary N) is 1. The Hall–Kier alpha value is -0.650. The maximum atomic E-state index is 12.1. The molecule has 0 aliphatic carbocycles. The van der Waals surface area contributed by atoms with Gasteiger partial charge in [0.05, 0.1) is 19.3 Å². The van der Waals surface area contributed by atoms with E-state index in [0.717, 1.165) is 38.9 Å². The van der Waals surface area contributed by atoms with Crippen molar-refractivity contribution in [1.82, 2.24) is 10.2 Å². The topological polar surface area (TPSA) is 50.8 Å². The molecule has 1 N–H and O–H groups in total. The Labute approximate surface area is 110 Å². The van der Waals surface area contributed by atoms with Crippen LogP contribution < -0.4 is 5.32 Å². The maximum absolute atomic E-state index is 12.1. The first-order valence-corrected chi connectivity index (χ1v) is 6.88. The Bertz CT molecular complexity index is 234. The van der Waals surface area contributed by atoms with Crippen LogP contribution in [0.25, 0.3) is 0 Å². The molecule has 1 atom stereocenters. The van der Waals surface area contributed by atoms with Crippen LogP contribution in [0.3, 0.4) is 0 Å². The van der Waals surface area contributed by atoms with Gasteiger partial charge in [0, 0.05) is 26.8 Å². The Morgan fingerprint density at radius 2 is 2.22 bits per heavy atom. The first-order chi connectivity index (χ1) is 8.79. The van der Waals surface area contributed by atoms with Gasteiger partial charge in [-0.1, -0.05) is 6.92 Å². The van der Waals surface area contributed by atoms with Gasteiger partial charge >= 0.3 is 0 Å². The molecule has 106 valence electrons. The van der Waals surface area contributed by atoms with Crippen LogP contribution in [0, 0.1) is 0 Å². The summed E-state index contributed by atoms with van der Waals surface area (Å²) in [4.78, 5) is 14.0. The molecule has 1 amide bonds. The summed E-state index contributed by atoms with van der Waals surface area (Å²) in [5, 5.41) is 3.24. The van der Waals surface area contributed by atoms with Crippen LogP contribution in [0.15, 0.2) is 0 Å². The summed E-state index contributed by atoms with van der Waals surface area (Å²) in [5.74, 6) is 0.250. The number of rotatable bonds is 9. The van der Waals surface area contributed by atoms with Crippen molar-refractivity contribution >= 4 is 5.91 Å². The zero-order chi connectivity index (χ0) is 13.2. The summed E-state index contributed by atoms with van der Waals surface area (Å²) < 4.78 is 10.3. The summed E-state index contributed by atoms with van der Waals surface area (Å²) in [6.45, 7) is 6.53. The van der Waals surface area contributed by atoms with Crippen molar-refractivity contribution in [3.05, 3.63) is 0 Å². The second-order valence-electron chi connectivity index (χ2n) is 4.54. The van der Waals surface area contributed by atoms with Gasteiger partial charge in [-0.05, 0) is 25.8 Å². The summed E-state index contributed by atoms with van der Waals surface area (Å²) >= 11 is 0. The molecule has 0 aromatic rings. The van der Waals surface area contributed by atoms with Gasteiger partial charge in [0.2, 0.25) is 5.91 Å². The van der Waals surface area contributed by atoms with Crippen LogP contribution in [0.5, 0.6) is 0 Å². The Balaban J connectivity index is 2.14. The van der Waals surface area contributed by atoms with Gasteiger partial charge in [-0.3, -0.25) is 4.79 Å². The molecule has 0 aromatic heterocycles. The van der Waals surface area contributed by atoms with Gasteiger partial charge in [-0.15, -0.1) is 0 Å². The molecular formula is C13H26N2O3. The molecule has 0 bridgehead atoms. The normalized spacial score (nSPS) is 20.4. The third-order valence-corrected chi connectivity index (χ3v) is 3.13. The van der Waals surface area contributed by atoms with E-state index in [1.54, 1.807) is 7.11 Å². The molecule has 0 saturated carbocycles. The van der Waals surface area contributed by atoms with Crippen molar-refractivity contribution in [2.45, 2.75) is 32.2 Å². The van der Waals surface area contributed by atoms with Gasteiger partial charge in [0.1, 0.15) is 0 Å². The highest BCUT2D eigenvalue weighted by atomic mass is 16.5. The lowest BCUT2D eigenvalue weighted by Crippen LogP contribution is -2.50. The quantitative estimate of drug-likeness (QED) is 0.617. The number of likely N-dealkylation sites (tertiary alicyclic amines) is 1. The van der Waals surface area contributed by atoms with Crippen LogP contribution in [-0.4, -0.2) is 63.4 Å². The lowest BCUT2D eigenvalue weighted by molar-refractivity contribution is -0.136. The van der Waals surface area contributed by atoms with Crippen molar-refractivity contribution in [3.8, 4) is 0 Å². The first-order valence-electron chi connectivity index (χ1n) is 6.88. The minimum absolute atomic E-state index is 0.0261. The fourth-order valence-electron chi connectivity index (χ4n) is 2.20. The average Bonchev–Trinajstić information content (AvgIpc) is 2.38. The molecule has 5 nitrogen and oxygen atoms in total. The molecule has 5 heteroatoms. The minimum atomic E-state index is 0.0261. The SMILES string of the molecule is CCNC1CCCN(CCCOCCOC)C1=O. The number of amides is 1. The van der Waals surface area contributed by atoms with Crippen molar-refractivity contribution in [3.63, 3.8) is 0 Å². The molecule has 0 radical (unpaired) electrons. The van der Waals surface area contributed by atoms with Gasteiger partial charge in [0.15, 0.2) is 0 Å². The van der Waals surface area contributed by atoms with E-state index in [1.165, 1.54) is 0 Å². The molecule has 1 fully saturated rings. The summed E-state index contributed by atoms with van der Waals surface area (Å²) in [6.07, 6.45) is 2.95. The van der Waals surface area contributed by atoms with Gasteiger partial charge in [-0.25, -0.2) is 0 Å². The highest BCUT2D eigenvalue weighted by Gasteiger charge is 2.27. The number of ether oxygens (including phenoxy) is 2. The number of likely N-dealkylation sites (N-methyl/N-ethyl adjacent to an activating group) is 1. The second kappa shape index (κ2) is 9.30. The number of carbonyl (C=O) groups is 1. The van der Waals surface area contributed by atoms with E-state index in [4.69, 9.17) is 9.47 Å². The fraction of sp³-hybridized carbons (Fsp3) is 0.923. The highest BCUT2D eigenvalue weighted by Crippen LogP contribution is 2.12. The second-order valence-corrected chi connectivity index (χ2v) is 4.54. The molecule has 1 heterocycles. The Morgan fingerprint density at radius 1 is 1.39 bits per heavy atom. The van der Waals surface area contributed by atoms with Crippen LogP contribution in [0.2, 0.25) is 0 Å². The van der Waals surface area contributed by atoms with E-state index < -0.39 is 0 Å². The molecule has 18 heavy (non-hydrogen) atoms. The van der Waals surface area contributed by atoms with E-state index in [0.29, 0.717) is 19.8 Å². The zero-order valence-electron chi connectivity index (χ0n) is 11.6. The van der Waals surface area contributed by atoms with Crippen molar-refractivity contribution in [2.75, 3.05) is 46.6 Å². The summed E-state index contributed by atoms with van der Waals surface area (Å²) in [7, 11) is 1.66. The van der Waals surface area contributed by atoms with E-state index >= 15 is 0 Å². The number of carbonyl (C=O) groups excluding carboxylic acids is 1. The van der Waals surface area contributed by atoms with Crippen LogP contribution in [-0.2, 0) is 14.3 Å². The monoisotopic (exact) mass is 258 g/mol. The van der Waals surface area contributed by atoms with Crippen LogP contribution in [0.1, 0.15) is 26.2 Å². The highest BCUT2D eigenvalue weighted by molar-refractivity contribution is 5.82. The third kappa shape index (κ3) is 5.33. The van der Waals surface area contributed by atoms with E-state index in [-0.39, 0.29) is 11.9 Å². The van der Waals surface area contributed by atoms with Crippen molar-refractivity contribution < 1.29 is 14.3 Å². The Morgan fingerprint density at radius 3 is 2.94 bits per heavy atom. The molecule has 0 spiro atoms. The first kappa shape index (κ1) is 15.4. The standard InChI is InChI=1S/C13H26N2O3/c1-3-14-12-6-4-7-15(13(12)16)8-5-9-18-11-10-17-2/h12,14H,3-11H2,1-2H3. The predicted molar refractivity (Wildman–Crippen MR) is 70.6 cm³/mol. The summed E-state index contributed by atoms with van der Waals surface area (Å²) in [5.41, 5.74) is 0. The number of hydrogen-bond donors (Lipinski definition) is 1. The van der Waals surface area contributed by atoms with Crippen LogP contribution >= 0.6 is 0 Å². The molecule has 1 unspecified atom stereocenters. The smallest absolute Gasteiger partial charge is 0.239 e. The van der Waals surface area contributed by atoms with E-state index in [9.17, 15) is 4.79 Å². The average molecular weight is 258 g/mol. The van der Waals surface area contributed by atoms with E-state index in [2.05, 4.69) is 5.32 Å². The molecule has 1 saturated heterocycles. The van der Waals surface area contributed by atoms with Gasteiger partial charge in [0.25, 0.3) is 0 Å². The van der Waals surface area contributed by atoms with Gasteiger partial charge < -0.3 is 19.7 Å². The summed E-state index contributed by atoms with van der Waals surface area (Å²) in [6, 6.07) is 0.0261. The number of nitrogens with zero attached hydrogens (tertiary/aromatic N) is 1. The fourth-order valence-corrected chi connectivity index (χ4v) is 2.20. The number of hydrogen-bond acceptors (Lipinski definition) is 4. The Kier molecular flexibility index (Phi) is 7.96. The maximum Gasteiger partial charge on any atom is 0.239 e. The third-order valence-electron chi connectivity index (χ3n) is 3.13. The van der Waals surface area contributed by atoms with Crippen molar-refractivity contribution in [2.24, 2.45) is 0 Å². The molecular weight excluding hydrogens is 232 g/mol. The largest absolute Gasteiger partial charge is 0.382 e. The molecule has 1 aliphatic rings. The van der Waals surface area contributed by atoms with E-state index in [1.807, 2.05) is 11.8 Å². The lowest BCUT2D eigenvalue weighted by atomic mass is 10.0. The van der Waals surface area contributed by atoms with Crippen LogP contribution in [0.4, 0.5) is 0 Å². The zero-order valence-corrected chi connectivity index (χ0v) is 11.6. The number of piperidine rings is 1. The number of methoxy groups -OCH3 is 1. The predicted octanol–water partition coefficient (Wildman–Crippen LogP) is 0.640. The van der Waals surface area contributed by atoms with Crippen molar-refractivity contribution in [1.29, 1.82) is 0 Å². The molecule has 1 rings (SSSR count).